The Morgan fingerprint density at radius 3 is 2.52 bits per heavy atom. The number of nitrogens with zero attached hydrogens (tertiary/aromatic N) is 2. The highest BCUT2D eigenvalue weighted by Crippen LogP contribution is 2.37. The Bertz CT molecular complexity index is 862. The van der Waals surface area contributed by atoms with Crippen LogP contribution in [0.5, 0.6) is 0 Å². The van der Waals surface area contributed by atoms with Gasteiger partial charge in [0.15, 0.2) is 0 Å². The second-order valence-electron chi connectivity index (χ2n) is 5.95. The van der Waals surface area contributed by atoms with Gasteiger partial charge < -0.3 is 15.6 Å². The molecule has 3 N–H and O–H groups in total. The lowest BCUT2D eigenvalue weighted by molar-refractivity contribution is 0.100. The summed E-state index contributed by atoms with van der Waals surface area (Å²) in [7, 11) is 0. The van der Waals surface area contributed by atoms with Gasteiger partial charge in [0.25, 0.3) is 0 Å². The average Bonchev–Trinajstić information content (AvgIpc) is 2.85. The van der Waals surface area contributed by atoms with E-state index in [1.54, 1.807) is 12.1 Å². The second-order valence-corrected chi connectivity index (χ2v) is 5.95. The maximum absolute atomic E-state index is 11.2. The van der Waals surface area contributed by atoms with Crippen LogP contribution in [-0.4, -0.2) is 15.5 Å². The minimum absolute atomic E-state index is 0.418. The lowest BCUT2D eigenvalue weighted by atomic mass is 9.93. The summed E-state index contributed by atoms with van der Waals surface area (Å²) in [6, 6.07) is 15.9. The predicted molar refractivity (Wildman–Crippen MR) is 90.9 cm³/mol. The van der Waals surface area contributed by atoms with Crippen molar-refractivity contribution in [1.82, 2.24) is 9.55 Å². The van der Waals surface area contributed by atoms with E-state index < -0.39 is 5.91 Å². The SMILES string of the molecule is NC(=O)c1ccc(Nc2nc3ccccc3n2C2CCC2)cc1. The topological polar surface area (TPSA) is 72.9 Å². The van der Waals surface area contributed by atoms with Crippen LogP contribution in [-0.2, 0) is 0 Å². The zero-order valence-corrected chi connectivity index (χ0v) is 12.7. The number of aromatic nitrogens is 2. The average molecular weight is 306 g/mol. The summed E-state index contributed by atoms with van der Waals surface area (Å²) in [6.07, 6.45) is 3.65. The molecule has 5 heteroatoms. The van der Waals surface area contributed by atoms with E-state index in [2.05, 4.69) is 16.0 Å². The second kappa shape index (κ2) is 5.43. The van der Waals surface area contributed by atoms with Crippen LogP contribution < -0.4 is 11.1 Å². The van der Waals surface area contributed by atoms with Gasteiger partial charge in [-0.05, 0) is 55.7 Å². The Hall–Kier alpha value is -2.82. The third kappa shape index (κ3) is 2.44. The quantitative estimate of drug-likeness (QED) is 0.773. The van der Waals surface area contributed by atoms with Crippen molar-refractivity contribution in [2.45, 2.75) is 25.3 Å². The predicted octanol–water partition coefficient (Wildman–Crippen LogP) is 3.60. The first-order valence-electron chi connectivity index (χ1n) is 7.86. The lowest BCUT2D eigenvalue weighted by Gasteiger charge is -2.29. The number of para-hydroxylation sites is 2. The van der Waals surface area contributed by atoms with Gasteiger partial charge in [0.1, 0.15) is 0 Å². The highest BCUT2D eigenvalue weighted by molar-refractivity contribution is 5.93. The number of anilines is 2. The number of carbonyl (C=O) groups excluding carboxylic acids is 1. The zero-order chi connectivity index (χ0) is 15.8. The molecule has 1 aliphatic rings. The first-order valence-corrected chi connectivity index (χ1v) is 7.86. The largest absolute Gasteiger partial charge is 0.366 e. The summed E-state index contributed by atoms with van der Waals surface area (Å²) >= 11 is 0. The van der Waals surface area contributed by atoms with E-state index in [9.17, 15) is 4.79 Å². The molecule has 5 nitrogen and oxygen atoms in total. The number of rotatable bonds is 4. The molecule has 1 aromatic heterocycles. The number of imidazole rings is 1. The number of hydrogen-bond donors (Lipinski definition) is 2. The molecule has 1 saturated carbocycles. The standard InChI is InChI=1S/C18H18N4O/c19-17(23)12-8-10-13(11-9-12)20-18-21-15-6-1-2-7-16(15)22(18)14-4-3-5-14/h1-2,6-11,14H,3-5H2,(H2,19,23)(H,20,21). The van der Waals surface area contributed by atoms with Gasteiger partial charge in [0, 0.05) is 17.3 Å². The van der Waals surface area contributed by atoms with Crippen molar-refractivity contribution in [2.24, 2.45) is 5.73 Å². The van der Waals surface area contributed by atoms with Crippen molar-refractivity contribution < 1.29 is 4.79 Å². The Morgan fingerprint density at radius 1 is 1.13 bits per heavy atom. The van der Waals surface area contributed by atoms with E-state index in [0.717, 1.165) is 22.7 Å². The number of carbonyl (C=O) groups is 1. The molecule has 116 valence electrons. The molecule has 0 saturated heterocycles. The maximum Gasteiger partial charge on any atom is 0.248 e. The fourth-order valence-corrected chi connectivity index (χ4v) is 2.99. The minimum Gasteiger partial charge on any atom is -0.366 e. The van der Waals surface area contributed by atoms with Crippen molar-refractivity contribution in [1.29, 1.82) is 0 Å². The molecule has 1 aliphatic carbocycles. The van der Waals surface area contributed by atoms with E-state index in [0.29, 0.717) is 11.6 Å². The molecule has 0 spiro atoms. The summed E-state index contributed by atoms with van der Waals surface area (Å²) in [4.78, 5) is 15.9. The molecule has 0 unspecified atom stereocenters. The van der Waals surface area contributed by atoms with Crippen LogP contribution in [0.4, 0.5) is 11.6 Å². The number of nitrogens with two attached hydrogens (primary N) is 1. The van der Waals surface area contributed by atoms with Crippen LogP contribution in [0.3, 0.4) is 0 Å². The molecule has 3 aromatic rings. The Kier molecular flexibility index (Phi) is 3.26. The number of amides is 1. The van der Waals surface area contributed by atoms with Gasteiger partial charge in [-0.15, -0.1) is 0 Å². The third-order valence-corrected chi connectivity index (χ3v) is 4.46. The third-order valence-electron chi connectivity index (χ3n) is 4.46. The number of fused-ring (bicyclic) bond motifs is 1. The summed E-state index contributed by atoms with van der Waals surface area (Å²) in [5, 5.41) is 3.38. The van der Waals surface area contributed by atoms with Gasteiger partial charge in [-0.2, -0.15) is 0 Å². The molecule has 0 atom stereocenters. The Labute approximate surface area is 134 Å². The highest BCUT2D eigenvalue weighted by Gasteiger charge is 2.24. The van der Waals surface area contributed by atoms with E-state index in [4.69, 9.17) is 10.7 Å². The van der Waals surface area contributed by atoms with E-state index in [1.807, 2.05) is 30.3 Å². The molecule has 1 heterocycles. The lowest BCUT2D eigenvalue weighted by Crippen LogP contribution is -2.18. The van der Waals surface area contributed by atoms with Crippen LogP contribution in [0.2, 0.25) is 0 Å². The summed E-state index contributed by atoms with van der Waals surface area (Å²) in [5.41, 5.74) is 8.83. The van der Waals surface area contributed by atoms with Crippen molar-refractivity contribution in [3.63, 3.8) is 0 Å². The number of nitrogens with one attached hydrogen (secondary N) is 1. The van der Waals surface area contributed by atoms with Crippen LogP contribution in [0.25, 0.3) is 11.0 Å². The molecule has 0 radical (unpaired) electrons. The molecule has 23 heavy (non-hydrogen) atoms. The fraction of sp³-hybridized carbons (Fsp3) is 0.222. The molecular formula is C18H18N4O. The van der Waals surface area contributed by atoms with Crippen molar-refractivity contribution in [3.05, 3.63) is 54.1 Å². The van der Waals surface area contributed by atoms with Crippen molar-refractivity contribution in [2.75, 3.05) is 5.32 Å². The van der Waals surface area contributed by atoms with Gasteiger partial charge in [0.05, 0.1) is 11.0 Å². The molecule has 1 amide bonds. The van der Waals surface area contributed by atoms with Crippen LogP contribution in [0, 0.1) is 0 Å². The molecule has 4 rings (SSSR count). The fourth-order valence-electron chi connectivity index (χ4n) is 2.99. The summed E-state index contributed by atoms with van der Waals surface area (Å²) < 4.78 is 2.29. The van der Waals surface area contributed by atoms with E-state index in [1.165, 1.54) is 19.3 Å². The molecule has 0 bridgehead atoms. The molecular weight excluding hydrogens is 288 g/mol. The summed E-state index contributed by atoms with van der Waals surface area (Å²) in [6.45, 7) is 0. The smallest absolute Gasteiger partial charge is 0.248 e. The van der Waals surface area contributed by atoms with E-state index in [-0.39, 0.29) is 0 Å². The number of hydrogen-bond acceptors (Lipinski definition) is 3. The normalized spacial score (nSPS) is 14.6. The monoisotopic (exact) mass is 306 g/mol. The first kappa shape index (κ1) is 13.8. The van der Waals surface area contributed by atoms with Gasteiger partial charge in [-0.25, -0.2) is 4.98 Å². The molecule has 2 aromatic carbocycles. The summed E-state index contributed by atoms with van der Waals surface area (Å²) in [5.74, 6) is 0.431. The highest BCUT2D eigenvalue weighted by atomic mass is 16.1. The van der Waals surface area contributed by atoms with Crippen molar-refractivity contribution >= 4 is 28.6 Å². The van der Waals surface area contributed by atoms with Gasteiger partial charge in [0.2, 0.25) is 11.9 Å². The maximum atomic E-state index is 11.2. The Morgan fingerprint density at radius 2 is 1.87 bits per heavy atom. The number of benzene rings is 2. The molecule has 1 fully saturated rings. The van der Waals surface area contributed by atoms with Gasteiger partial charge >= 0.3 is 0 Å². The molecule has 0 aliphatic heterocycles. The van der Waals surface area contributed by atoms with Crippen molar-refractivity contribution in [3.8, 4) is 0 Å². The minimum atomic E-state index is -0.418. The Balaban J connectivity index is 1.71. The van der Waals surface area contributed by atoms with Crippen LogP contribution in [0.15, 0.2) is 48.5 Å². The van der Waals surface area contributed by atoms with Crippen LogP contribution in [0.1, 0.15) is 35.7 Å². The number of primary amides is 1. The van der Waals surface area contributed by atoms with Gasteiger partial charge in [-0.3, -0.25) is 4.79 Å². The van der Waals surface area contributed by atoms with E-state index >= 15 is 0 Å². The first-order chi connectivity index (χ1) is 11.2. The van der Waals surface area contributed by atoms with Crippen LogP contribution >= 0.6 is 0 Å². The zero-order valence-electron chi connectivity index (χ0n) is 12.7. The van der Waals surface area contributed by atoms with Gasteiger partial charge in [-0.1, -0.05) is 12.1 Å².